The van der Waals surface area contributed by atoms with Gasteiger partial charge in [-0.15, -0.1) is 0 Å². The Kier molecular flexibility index (Phi) is 11.0. The quantitative estimate of drug-likeness (QED) is 0.376. The van der Waals surface area contributed by atoms with Gasteiger partial charge in [0.25, 0.3) is 5.91 Å². The molecule has 0 bridgehead atoms. The van der Waals surface area contributed by atoms with E-state index in [1.807, 2.05) is 36.7 Å². The Morgan fingerprint density at radius 3 is 2.26 bits per heavy atom. The van der Waals surface area contributed by atoms with Gasteiger partial charge in [0.15, 0.2) is 5.69 Å². The van der Waals surface area contributed by atoms with Gasteiger partial charge < -0.3 is 25.2 Å². The third kappa shape index (κ3) is 7.45. The van der Waals surface area contributed by atoms with E-state index < -0.39 is 0 Å². The van der Waals surface area contributed by atoms with E-state index in [1.165, 1.54) is 0 Å². The Morgan fingerprint density at radius 1 is 1.11 bits per heavy atom. The molecule has 1 unspecified atom stereocenters. The molecule has 0 saturated carbocycles. The first-order chi connectivity index (χ1) is 16.8. The highest BCUT2D eigenvalue weighted by Crippen LogP contribution is 2.39. The van der Waals surface area contributed by atoms with Crippen LogP contribution >= 0.6 is 0 Å². The van der Waals surface area contributed by atoms with Crippen LogP contribution in [0, 0.1) is 11.8 Å². The summed E-state index contributed by atoms with van der Waals surface area (Å²) in [5.41, 5.74) is 1.73. The molecule has 0 saturated heterocycles. The van der Waals surface area contributed by atoms with E-state index in [0.717, 1.165) is 24.1 Å². The Morgan fingerprint density at radius 2 is 1.74 bits per heavy atom. The number of ether oxygens (including phenoxy) is 2. The van der Waals surface area contributed by atoms with E-state index in [4.69, 9.17) is 14.6 Å². The highest BCUT2D eigenvalue weighted by molar-refractivity contribution is 5.94. The van der Waals surface area contributed by atoms with Gasteiger partial charge in [-0.25, -0.2) is 0 Å². The van der Waals surface area contributed by atoms with E-state index in [1.54, 1.807) is 20.3 Å². The molecule has 0 aliphatic rings. The van der Waals surface area contributed by atoms with Crippen LogP contribution in [-0.4, -0.2) is 60.1 Å². The van der Waals surface area contributed by atoms with Crippen LogP contribution in [0.5, 0.6) is 11.5 Å². The van der Waals surface area contributed by atoms with Crippen LogP contribution in [0.3, 0.4) is 0 Å². The Labute approximate surface area is 208 Å². The maximum Gasteiger partial charge on any atom is 0.272 e. The molecule has 0 spiro atoms. The van der Waals surface area contributed by atoms with Crippen LogP contribution in [0.15, 0.2) is 24.3 Å². The van der Waals surface area contributed by atoms with Gasteiger partial charge in [-0.3, -0.25) is 14.3 Å². The van der Waals surface area contributed by atoms with Gasteiger partial charge >= 0.3 is 0 Å². The molecular weight excluding hydrogens is 448 g/mol. The van der Waals surface area contributed by atoms with E-state index >= 15 is 0 Å². The van der Waals surface area contributed by atoms with Gasteiger partial charge in [0.1, 0.15) is 11.5 Å². The summed E-state index contributed by atoms with van der Waals surface area (Å²) in [7, 11) is 3.20. The molecule has 0 aliphatic carbocycles. The molecule has 3 N–H and O–H groups in total. The molecule has 1 heterocycles. The van der Waals surface area contributed by atoms with Crippen LogP contribution in [-0.2, 0) is 11.3 Å². The average Bonchev–Trinajstić information content (AvgIpc) is 3.28. The first-order valence-corrected chi connectivity index (χ1v) is 12.3. The first-order valence-electron chi connectivity index (χ1n) is 12.3. The highest BCUT2D eigenvalue weighted by atomic mass is 16.5. The summed E-state index contributed by atoms with van der Waals surface area (Å²) in [4.78, 5) is 25.5. The molecule has 0 aliphatic heterocycles. The van der Waals surface area contributed by atoms with E-state index in [9.17, 15) is 9.59 Å². The lowest BCUT2D eigenvalue weighted by Crippen LogP contribution is -2.42. The second-order valence-electron chi connectivity index (χ2n) is 8.92. The summed E-state index contributed by atoms with van der Waals surface area (Å²) >= 11 is 0. The lowest BCUT2D eigenvalue weighted by atomic mass is 10.00. The van der Waals surface area contributed by atoms with Crippen molar-refractivity contribution in [2.75, 3.05) is 27.4 Å². The lowest BCUT2D eigenvalue weighted by Gasteiger charge is -2.21. The number of carbonyl (C=O) groups is 2. The topological polar surface area (TPSA) is 115 Å². The number of methoxy groups -OCH3 is 2. The minimum absolute atomic E-state index is 0.0271. The second kappa shape index (κ2) is 13.7. The van der Waals surface area contributed by atoms with Crippen molar-refractivity contribution in [3.8, 4) is 22.8 Å². The molecule has 2 aromatic rings. The molecule has 2 rings (SSSR count). The zero-order chi connectivity index (χ0) is 26.0. The van der Waals surface area contributed by atoms with Crippen molar-refractivity contribution >= 4 is 11.8 Å². The molecule has 0 fully saturated rings. The monoisotopic (exact) mass is 488 g/mol. The smallest absolute Gasteiger partial charge is 0.272 e. The third-order valence-corrected chi connectivity index (χ3v) is 6.24. The summed E-state index contributed by atoms with van der Waals surface area (Å²) < 4.78 is 13.1. The summed E-state index contributed by atoms with van der Waals surface area (Å²) in [5, 5.41) is 19.2. The van der Waals surface area contributed by atoms with E-state index in [2.05, 4.69) is 29.6 Å². The minimum Gasteiger partial charge on any atom is -0.496 e. The number of hydrogen-bond donors (Lipinski definition) is 3. The van der Waals surface area contributed by atoms with Crippen molar-refractivity contribution in [2.45, 2.75) is 59.5 Å². The summed E-state index contributed by atoms with van der Waals surface area (Å²) in [5.74, 6) is 1.10. The molecule has 1 aromatic heterocycles. The van der Waals surface area contributed by atoms with Crippen molar-refractivity contribution in [1.82, 2.24) is 20.4 Å². The predicted octanol–water partition coefficient (Wildman–Crippen LogP) is 3.26. The van der Waals surface area contributed by atoms with Crippen molar-refractivity contribution in [3.63, 3.8) is 0 Å². The van der Waals surface area contributed by atoms with Crippen molar-refractivity contribution in [1.29, 1.82) is 0 Å². The fraction of sp³-hybridized carbons (Fsp3) is 0.577. The molecule has 35 heavy (non-hydrogen) atoms. The Bertz CT molecular complexity index is 946. The molecule has 1 aromatic carbocycles. The summed E-state index contributed by atoms with van der Waals surface area (Å²) in [6.07, 6.45) is 2.09. The average molecular weight is 489 g/mol. The molecule has 194 valence electrons. The number of hydrogen-bond acceptors (Lipinski definition) is 6. The van der Waals surface area contributed by atoms with Gasteiger partial charge in [0.2, 0.25) is 5.91 Å². The van der Waals surface area contributed by atoms with Crippen molar-refractivity contribution in [3.05, 3.63) is 30.0 Å². The highest BCUT2D eigenvalue weighted by Gasteiger charge is 2.25. The zero-order valence-electron chi connectivity index (χ0n) is 21.8. The molecule has 9 nitrogen and oxygen atoms in total. The molecule has 0 radical (unpaired) electrons. The molecule has 9 heteroatoms. The molecule has 1 atom stereocenters. The largest absolute Gasteiger partial charge is 0.496 e. The lowest BCUT2D eigenvalue weighted by molar-refractivity contribution is -0.121. The van der Waals surface area contributed by atoms with Gasteiger partial charge in [-0.05, 0) is 30.0 Å². The second-order valence-corrected chi connectivity index (χ2v) is 8.92. The number of nitrogens with one attached hydrogen (secondary N) is 2. The van der Waals surface area contributed by atoms with Gasteiger partial charge in [-0.2, -0.15) is 5.10 Å². The van der Waals surface area contributed by atoms with Gasteiger partial charge in [0.05, 0.1) is 32.1 Å². The maximum absolute atomic E-state index is 13.3. The van der Waals surface area contributed by atoms with Crippen LogP contribution in [0.2, 0.25) is 0 Å². The number of rotatable bonds is 14. The standard InChI is InChI=1S/C26H40N4O5/c1-7-18(8-2)16-30-21(25-22(34-5)10-9-11-23(25)35-6)14-20(29-30)26(33)28-19(17(3)4)15-24(32)27-12-13-31/h9-11,14,17-19,31H,7-8,12-13,15-16H2,1-6H3,(H,27,32)(H,28,33). The van der Waals surface area contributed by atoms with E-state index in [0.29, 0.717) is 24.0 Å². The number of nitrogens with zero attached hydrogens (tertiary/aromatic N) is 2. The minimum atomic E-state index is -0.380. The fourth-order valence-corrected chi connectivity index (χ4v) is 3.93. The number of aliphatic hydroxyl groups is 1. The van der Waals surface area contributed by atoms with Gasteiger partial charge in [0, 0.05) is 25.6 Å². The number of benzene rings is 1. The van der Waals surface area contributed by atoms with Gasteiger partial charge in [-0.1, -0.05) is 46.6 Å². The van der Waals surface area contributed by atoms with Crippen molar-refractivity contribution < 1.29 is 24.2 Å². The molecular formula is C26H40N4O5. The number of amides is 2. The summed E-state index contributed by atoms with van der Waals surface area (Å²) in [6, 6.07) is 6.93. The first kappa shape index (κ1) is 28.2. The van der Waals surface area contributed by atoms with E-state index in [-0.39, 0.29) is 49.0 Å². The van der Waals surface area contributed by atoms with Crippen LogP contribution in [0.4, 0.5) is 0 Å². The normalized spacial score (nSPS) is 12.0. The Balaban J connectivity index is 2.44. The van der Waals surface area contributed by atoms with Crippen LogP contribution in [0.1, 0.15) is 57.4 Å². The predicted molar refractivity (Wildman–Crippen MR) is 136 cm³/mol. The zero-order valence-corrected chi connectivity index (χ0v) is 21.8. The Hall–Kier alpha value is -3.07. The third-order valence-electron chi connectivity index (χ3n) is 6.24. The van der Waals surface area contributed by atoms with Crippen molar-refractivity contribution in [2.24, 2.45) is 11.8 Å². The van der Waals surface area contributed by atoms with Crippen LogP contribution in [0.25, 0.3) is 11.3 Å². The van der Waals surface area contributed by atoms with Crippen LogP contribution < -0.4 is 20.1 Å². The maximum atomic E-state index is 13.3. The molecule has 2 amide bonds. The number of carbonyl (C=O) groups excluding carboxylic acids is 2. The number of aromatic nitrogens is 2. The number of aliphatic hydroxyl groups excluding tert-OH is 1. The SMILES string of the molecule is CCC(CC)Cn1nc(C(=O)NC(CC(=O)NCCO)C(C)C)cc1-c1c(OC)cccc1OC. The fourth-order valence-electron chi connectivity index (χ4n) is 3.93. The summed E-state index contributed by atoms with van der Waals surface area (Å²) in [6.45, 7) is 8.87.